The van der Waals surface area contributed by atoms with Crippen LogP contribution in [0.5, 0.6) is 0 Å². The van der Waals surface area contributed by atoms with E-state index in [4.69, 9.17) is 10.5 Å². The molecule has 2 atom stereocenters. The number of nitrogens with two attached hydrogens (primary N) is 1. The van der Waals surface area contributed by atoms with Gasteiger partial charge < -0.3 is 20.5 Å². The van der Waals surface area contributed by atoms with Crippen LogP contribution in [0, 0.1) is 11.6 Å². The fourth-order valence-electron chi connectivity index (χ4n) is 3.12. The van der Waals surface area contributed by atoms with Gasteiger partial charge in [-0.25, -0.2) is 8.78 Å². The van der Waals surface area contributed by atoms with Crippen molar-refractivity contribution in [3.63, 3.8) is 0 Å². The highest BCUT2D eigenvalue weighted by molar-refractivity contribution is 6.09. The Morgan fingerprint density at radius 2 is 1.92 bits per heavy atom. The Bertz CT molecular complexity index is 780. The van der Waals surface area contributed by atoms with Gasteiger partial charge in [-0.05, 0) is 29.8 Å². The van der Waals surface area contributed by atoms with Gasteiger partial charge in [0.05, 0.1) is 17.8 Å². The normalized spacial score (nSPS) is 21.0. The molecule has 126 valence electrons. The number of methoxy groups -OCH3 is 1. The summed E-state index contributed by atoms with van der Waals surface area (Å²) in [7, 11) is 1.28. The molecule has 0 saturated carbocycles. The summed E-state index contributed by atoms with van der Waals surface area (Å²) >= 11 is 0. The third kappa shape index (κ3) is 2.29. The van der Waals surface area contributed by atoms with E-state index in [1.165, 1.54) is 48.4 Å². The molecule has 0 radical (unpaired) electrons. The van der Waals surface area contributed by atoms with E-state index in [0.29, 0.717) is 0 Å². The van der Waals surface area contributed by atoms with Gasteiger partial charge in [-0.3, -0.25) is 4.79 Å². The maximum atomic E-state index is 14.6. The number of aliphatic hydroxyl groups is 1. The molecule has 0 aromatic heterocycles. The molecule has 0 spiro atoms. The van der Waals surface area contributed by atoms with Gasteiger partial charge in [-0.1, -0.05) is 18.2 Å². The van der Waals surface area contributed by atoms with Gasteiger partial charge in [0.25, 0.3) is 5.91 Å². The van der Waals surface area contributed by atoms with Crippen molar-refractivity contribution in [3.05, 3.63) is 65.2 Å². The third-order valence-electron chi connectivity index (χ3n) is 4.11. The quantitative estimate of drug-likeness (QED) is 0.831. The number of hydrogen-bond acceptors (Lipinski definition) is 4. The van der Waals surface area contributed by atoms with Crippen LogP contribution >= 0.6 is 0 Å². The molecule has 7 heteroatoms. The zero-order valence-electron chi connectivity index (χ0n) is 12.9. The number of benzene rings is 2. The first-order valence-corrected chi connectivity index (χ1v) is 7.27. The number of rotatable bonds is 4. The zero-order valence-corrected chi connectivity index (χ0v) is 12.9. The predicted octanol–water partition coefficient (Wildman–Crippen LogP) is 1.48. The molecule has 24 heavy (non-hydrogen) atoms. The van der Waals surface area contributed by atoms with E-state index in [1.54, 1.807) is 6.07 Å². The Morgan fingerprint density at radius 3 is 2.50 bits per heavy atom. The van der Waals surface area contributed by atoms with E-state index < -0.39 is 29.4 Å². The number of halogens is 2. The molecule has 1 heterocycles. The molecule has 1 aliphatic rings. The van der Waals surface area contributed by atoms with Crippen LogP contribution < -0.4 is 10.6 Å². The number of amides is 1. The van der Waals surface area contributed by atoms with Gasteiger partial charge in [0, 0.05) is 7.11 Å². The molecule has 2 aromatic rings. The smallest absolute Gasteiger partial charge is 0.268 e. The van der Waals surface area contributed by atoms with Crippen molar-refractivity contribution in [1.82, 2.24) is 0 Å². The summed E-state index contributed by atoms with van der Waals surface area (Å²) in [5.41, 5.74) is 4.20. The summed E-state index contributed by atoms with van der Waals surface area (Å²) in [5, 5.41) is 9.48. The Balaban J connectivity index is 2.27. The van der Waals surface area contributed by atoms with Gasteiger partial charge in [0.2, 0.25) is 5.60 Å². The first kappa shape index (κ1) is 16.5. The van der Waals surface area contributed by atoms with Crippen molar-refractivity contribution in [2.24, 2.45) is 5.73 Å². The Hall–Kier alpha value is -2.35. The largest absolute Gasteiger partial charge is 0.377 e. The predicted molar refractivity (Wildman–Crippen MR) is 83.1 cm³/mol. The van der Waals surface area contributed by atoms with Gasteiger partial charge in [0.15, 0.2) is 0 Å². The average Bonchev–Trinajstić information content (AvgIpc) is 2.79. The highest BCUT2D eigenvalue weighted by atomic mass is 19.1. The third-order valence-corrected chi connectivity index (χ3v) is 4.11. The molecule has 5 nitrogen and oxygen atoms in total. The lowest BCUT2D eigenvalue weighted by Crippen LogP contribution is -2.46. The lowest BCUT2D eigenvalue weighted by molar-refractivity contribution is -0.135. The van der Waals surface area contributed by atoms with Gasteiger partial charge in [0.1, 0.15) is 17.9 Å². The van der Waals surface area contributed by atoms with Crippen LogP contribution in [0.15, 0.2) is 42.5 Å². The highest BCUT2D eigenvalue weighted by Gasteiger charge is 2.54. The number of fused-ring (bicyclic) bond motifs is 1. The number of carbonyl (C=O) groups excluding carboxylic acids is 1. The van der Waals surface area contributed by atoms with E-state index in [2.05, 4.69) is 0 Å². The van der Waals surface area contributed by atoms with Crippen LogP contribution in [0.25, 0.3) is 0 Å². The van der Waals surface area contributed by atoms with Crippen molar-refractivity contribution >= 4 is 11.6 Å². The Labute approximate surface area is 137 Å². The lowest BCUT2D eigenvalue weighted by Gasteiger charge is -2.28. The minimum Gasteiger partial charge on any atom is -0.377 e. The molecule has 0 fully saturated rings. The topological polar surface area (TPSA) is 75.8 Å². The second kappa shape index (κ2) is 5.94. The van der Waals surface area contributed by atoms with Crippen molar-refractivity contribution in [2.45, 2.75) is 11.8 Å². The number of β-amino-alcohol motifs (C(OH)–C–C–N with tert-alkyl or cyclic N) is 1. The number of anilines is 1. The summed E-state index contributed by atoms with van der Waals surface area (Å²) < 4.78 is 33.3. The second-order valence-electron chi connectivity index (χ2n) is 5.51. The summed E-state index contributed by atoms with van der Waals surface area (Å²) in [4.78, 5) is 14.2. The van der Waals surface area contributed by atoms with Crippen molar-refractivity contribution in [1.29, 1.82) is 0 Å². The first-order valence-electron chi connectivity index (χ1n) is 7.27. The average molecular weight is 334 g/mol. The maximum Gasteiger partial charge on any atom is 0.268 e. The Kier molecular flexibility index (Phi) is 4.08. The van der Waals surface area contributed by atoms with Crippen LogP contribution in [0.2, 0.25) is 0 Å². The SMILES string of the molecule is CO[C@]1(c2ccc(F)cc2)C(=O)N(CC(N)O)c2cccc(F)c21. The fourth-order valence-corrected chi connectivity index (χ4v) is 3.12. The maximum absolute atomic E-state index is 14.6. The molecular weight excluding hydrogens is 318 g/mol. The molecule has 3 rings (SSSR count). The van der Waals surface area contributed by atoms with E-state index in [-0.39, 0.29) is 23.4 Å². The summed E-state index contributed by atoms with van der Waals surface area (Å²) in [6.07, 6.45) is -1.30. The zero-order chi connectivity index (χ0) is 17.5. The molecule has 3 N–H and O–H groups in total. The number of ether oxygens (including phenoxy) is 1. The van der Waals surface area contributed by atoms with E-state index in [0.717, 1.165) is 0 Å². The number of nitrogens with zero attached hydrogens (tertiary/aromatic N) is 1. The molecule has 2 aromatic carbocycles. The van der Waals surface area contributed by atoms with Crippen LogP contribution in [0.4, 0.5) is 14.5 Å². The summed E-state index contributed by atoms with van der Waals surface area (Å²) in [6.45, 7) is -0.221. The Morgan fingerprint density at radius 1 is 1.25 bits per heavy atom. The van der Waals surface area contributed by atoms with E-state index in [9.17, 15) is 18.7 Å². The van der Waals surface area contributed by atoms with Crippen LogP contribution in [0.1, 0.15) is 11.1 Å². The minimum absolute atomic E-state index is 0.0183. The van der Waals surface area contributed by atoms with E-state index in [1.807, 2.05) is 0 Å². The molecule has 1 unspecified atom stereocenters. The molecular formula is C17H16F2N2O3. The summed E-state index contributed by atoms with van der Waals surface area (Å²) in [6, 6.07) is 9.29. The molecule has 0 aliphatic carbocycles. The number of carbonyl (C=O) groups is 1. The van der Waals surface area contributed by atoms with Crippen molar-refractivity contribution in [3.8, 4) is 0 Å². The van der Waals surface area contributed by atoms with Gasteiger partial charge in [-0.2, -0.15) is 0 Å². The fraction of sp³-hybridized carbons (Fsp3) is 0.235. The standard InChI is InChI=1S/C17H16F2N2O3/c1-24-17(10-5-7-11(18)8-6-10)15-12(19)3-2-4-13(15)21(16(17)23)9-14(20)22/h2-8,14,22H,9,20H2,1H3/t14?,17-/m0/s1. The second-order valence-corrected chi connectivity index (χ2v) is 5.51. The molecule has 0 bridgehead atoms. The van der Waals surface area contributed by atoms with Crippen LogP contribution in [0.3, 0.4) is 0 Å². The van der Waals surface area contributed by atoms with Crippen molar-refractivity contribution in [2.75, 3.05) is 18.6 Å². The number of aliphatic hydroxyl groups excluding tert-OH is 1. The lowest BCUT2D eigenvalue weighted by atomic mass is 9.87. The van der Waals surface area contributed by atoms with E-state index >= 15 is 0 Å². The molecule has 1 amide bonds. The molecule has 0 saturated heterocycles. The van der Waals surface area contributed by atoms with Gasteiger partial charge in [-0.15, -0.1) is 0 Å². The summed E-state index contributed by atoms with van der Waals surface area (Å²) in [5.74, 6) is -1.72. The first-order chi connectivity index (χ1) is 11.4. The van der Waals surface area contributed by atoms with Crippen LogP contribution in [-0.2, 0) is 15.1 Å². The molecule has 1 aliphatic heterocycles. The van der Waals surface area contributed by atoms with Crippen LogP contribution in [-0.4, -0.2) is 30.9 Å². The minimum atomic E-state index is -1.76. The number of hydrogen-bond donors (Lipinski definition) is 2. The highest BCUT2D eigenvalue weighted by Crippen LogP contribution is 2.47. The van der Waals surface area contributed by atoms with Crippen molar-refractivity contribution < 1.29 is 23.4 Å². The van der Waals surface area contributed by atoms with Gasteiger partial charge >= 0.3 is 0 Å². The monoisotopic (exact) mass is 334 g/mol.